The molecule has 3 unspecified atom stereocenters. The number of benzene rings is 1. The van der Waals surface area contributed by atoms with Crippen LogP contribution in [0.1, 0.15) is 18.4 Å². The molecule has 0 aromatic heterocycles. The number of amides is 3. The van der Waals surface area contributed by atoms with Gasteiger partial charge in [0.15, 0.2) is 0 Å². The van der Waals surface area contributed by atoms with Gasteiger partial charge in [-0.15, -0.1) is 0 Å². The van der Waals surface area contributed by atoms with Crippen LogP contribution in [-0.4, -0.2) is 71.7 Å². The molecule has 3 amide bonds. The average Bonchev–Trinajstić information content (AvgIpc) is 3.25. The van der Waals surface area contributed by atoms with E-state index in [1.807, 2.05) is 0 Å². The number of hydrogen-bond acceptors (Lipinski definition) is 6. The molecule has 0 saturated carbocycles. The molecule has 0 radical (unpaired) electrons. The van der Waals surface area contributed by atoms with Gasteiger partial charge in [0, 0.05) is 6.42 Å². The lowest BCUT2D eigenvalue weighted by molar-refractivity contribution is -0.143. The van der Waals surface area contributed by atoms with Gasteiger partial charge in [0.1, 0.15) is 12.1 Å². The maximum absolute atomic E-state index is 12.5. The van der Waals surface area contributed by atoms with Gasteiger partial charge < -0.3 is 31.5 Å². The predicted molar refractivity (Wildman–Crippen MR) is 103 cm³/mol. The minimum atomic E-state index is -1.48. The van der Waals surface area contributed by atoms with Crippen LogP contribution in [0, 0.1) is 0 Å². The minimum absolute atomic E-state index is 0.119. The molecule has 1 saturated heterocycles. The third kappa shape index (κ3) is 7.16. The normalized spacial score (nSPS) is 17.8. The Hall–Kier alpha value is -2.98. The number of carbonyl (C=O) groups is 4. The van der Waals surface area contributed by atoms with Gasteiger partial charge in [0.25, 0.3) is 0 Å². The van der Waals surface area contributed by atoms with Crippen molar-refractivity contribution in [2.24, 2.45) is 0 Å². The number of aliphatic hydroxyl groups excluding tert-OH is 1. The van der Waals surface area contributed by atoms with Crippen molar-refractivity contribution in [2.45, 2.75) is 37.4 Å². The Kier molecular flexibility index (Phi) is 8.56. The molecule has 1 heterocycles. The zero-order chi connectivity index (χ0) is 21.2. The van der Waals surface area contributed by atoms with Crippen LogP contribution in [0.25, 0.3) is 0 Å². The molecule has 158 valence electrons. The van der Waals surface area contributed by atoms with Crippen LogP contribution in [0.5, 0.6) is 0 Å². The Labute approximate surface area is 168 Å². The molecule has 6 N–H and O–H groups in total. The number of carboxylic acid groups (broad SMARTS) is 1. The highest BCUT2D eigenvalue weighted by Gasteiger charge is 2.27. The third-order valence-corrected chi connectivity index (χ3v) is 4.53. The summed E-state index contributed by atoms with van der Waals surface area (Å²) in [5.74, 6) is -2.99. The van der Waals surface area contributed by atoms with Crippen molar-refractivity contribution in [1.29, 1.82) is 0 Å². The fourth-order valence-corrected chi connectivity index (χ4v) is 2.96. The van der Waals surface area contributed by atoms with Crippen molar-refractivity contribution in [2.75, 3.05) is 19.7 Å². The van der Waals surface area contributed by atoms with E-state index < -0.39 is 36.5 Å². The highest BCUT2D eigenvalue weighted by molar-refractivity contribution is 5.92. The van der Waals surface area contributed by atoms with Gasteiger partial charge in [-0.25, -0.2) is 4.79 Å². The van der Waals surface area contributed by atoms with E-state index in [1.165, 1.54) is 0 Å². The molecular weight excluding hydrogens is 380 g/mol. The molecule has 1 aliphatic rings. The standard InChI is InChI=1S/C19H26N4O6/c24-11-15(19(28)29)23-18(27)14(9-12-5-2-1-3-6-12)22-16(25)10-21-17(26)13-7-4-8-20-13/h1-3,5-6,13-15,20,24H,4,7-11H2,(H,21,26)(H,22,25)(H,23,27)(H,28,29). The Morgan fingerprint density at radius 2 is 1.83 bits per heavy atom. The number of nitrogens with one attached hydrogen (secondary N) is 4. The molecular formula is C19H26N4O6. The minimum Gasteiger partial charge on any atom is -0.480 e. The summed E-state index contributed by atoms with van der Waals surface area (Å²) >= 11 is 0. The van der Waals surface area contributed by atoms with Gasteiger partial charge in [-0.2, -0.15) is 0 Å². The summed E-state index contributed by atoms with van der Waals surface area (Å²) in [5.41, 5.74) is 0.753. The third-order valence-electron chi connectivity index (χ3n) is 4.53. The molecule has 0 aliphatic carbocycles. The van der Waals surface area contributed by atoms with E-state index in [0.717, 1.165) is 18.5 Å². The molecule has 3 atom stereocenters. The average molecular weight is 406 g/mol. The van der Waals surface area contributed by atoms with Crippen molar-refractivity contribution in [3.8, 4) is 0 Å². The highest BCUT2D eigenvalue weighted by atomic mass is 16.4. The van der Waals surface area contributed by atoms with E-state index in [9.17, 15) is 19.2 Å². The van der Waals surface area contributed by atoms with Gasteiger partial charge in [0.2, 0.25) is 17.7 Å². The monoisotopic (exact) mass is 406 g/mol. The zero-order valence-electron chi connectivity index (χ0n) is 15.9. The molecule has 1 aromatic rings. The van der Waals surface area contributed by atoms with Crippen molar-refractivity contribution in [3.63, 3.8) is 0 Å². The first-order valence-electron chi connectivity index (χ1n) is 9.39. The Morgan fingerprint density at radius 3 is 2.41 bits per heavy atom. The van der Waals surface area contributed by atoms with Crippen LogP contribution < -0.4 is 21.3 Å². The Morgan fingerprint density at radius 1 is 1.10 bits per heavy atom. The molecule has 0 spiro atoms. The summed E-state index contributed by atoms with van der Waals surface area (Å²) in [6.45, 7) is -0.339. The molecule has 10 nitrogen and oxygen atoms in total. The lowest BCUT2D eigenvalue weighted by Gasteiger charge is -2.21. The maximum Gasteiger partial charge on any atom is 0.328 e. The SMILES string of the molecule is O=C(CNC(=O)C1CCCN1)NC(Cc1ccccc1)C(=O)NC(CO)C(=O)O. The molecule has 0 bridgehead atoms. The second kappa shape index (κ2) is 11.1. The topological polar surface area (TPSA) is 157 Å². The van der Waals surface area contributed by atoms with Gasteiger partial charge in [-0.05, 0) is 24.9 Å². The number of rotatable bonds is 10. The lowest BCUT2D eigenvalue weighted by Crippen LogP contribution is -2.55. The summed E-state index contributed by atoms with van der Waals surface area (Å²) in [5, 5.41) is 28.4. The quantitative estimate of drug-likeness (QED) is 0.266. The fourth-order valence-electron chi connectivity index (χ4n) is 2.96. The van der Waals surface area contributed by atoms with Crippen LogP contribution in [-0.2, 0) is 25.6 Å². The molecule has 10 heteroatoms. The first-order valence-corrected chi connectivity index (χ1v) is 9.39. The van der Waals surface area contributed by atoms with Gasteiger partial charge in [-0.1, -0.05) is 30.3 Å². The molecule has 2 rings (SSSR count). The van der Waals surface area contributed by atoms with Gasteiger partial charge >= 0.3 is 5.97 Å². The van der Waals surface area contributed by atoms with E-state index in [-0.39, 0.29) is 24.9 Å². The first kappa shape index (κ1) is 22.3. The second-order valence-electron chi connectivity index (χ2n) is 6.76. The number of carbonyl (C=O) groups excluding carboxylic acids is 3. The molecule has 1 aromatic carbocycles. The lowest BCUT2D eigenvalue weighted by atomic mass is 10.0. The summed E-state index contributed by atoms with van der Waals surface area (Å²) in [6, 6.07) is 6.00. The fraction of sp³-hybridized carbons (Fsp3) is 0.474. The van der Waals surface area contributed by atoms with Crippen LogP contribution in [0.2, 0.25) is 0 Å². The van der Waals surface area contributed by atoms with Crippen LogP contribution in [0.4, 0.5) is 0 Å². The summed E-state index contributed by atoms with van der Waals surface area (Å²) < 4.78 is 0. The van der Waals surface area contributed by atoms with E-state index in [4.69, 9.17) is 10.2 Å². The van der Waals surface area contributed by atoms with Crippen LogP contribution >= 0.6 is 0 Å². The highest BCUT2D eigenvalue weighted by Crippen LogP contribution is 2.05. The summed E-state index contributed by atoms with van der Waals surface area (Å²) in [4.78, 5) is 47.8. The van der Waals surface area contributed by atoms with Gasteiger partial charge in [0.05, 0.1) is 19.2 Å². The molecule has 1 fully saturated rings. The summed E-state index contributed by atoms with van der Waals surface area (Å²) in [6.07, 6.45) is 1.71. The van der Waals surface area contributed by atoms with E-state index in [1.54, 1.807) is 30.3 Å². The number of hydrogen-bond donors (Lipinski definition) is 6. The van der Waals surface area contributed by atoms with Crippen LogP contribution in [0.3, 0.4) is 0 Å². The molecule has 29 heavy (non-hydrogen) atoms. The summed E-state index contributed by atoms with van der Waals surface area (Å²) in [7, 11) is 0. The smallest absolute Gasteiger partial charge is 0.328 e. The zero-order valence-corrected chi connectivity index (χ0v) is 15.9. The van der Waals surface area contributed by atoms with E-state index in [0.29, 0.717) is 6.42 Å². The van der Waals surface area contributed by atoms with Crippen molar-refractivity contribution < 1.29 is 29.4 Å². The number of aliphatic carboxylic acids is 1. The molecule has 1 aliphatic heterocycles. The maximum atomic E-state index is 12.5. The number of aliphatic hydroxyl groups is 1. The van der Waals surface area contributed by atoms with Crippen molar-refractivity contribution in [1.82, 2.24) is 21.3 Å². The van der Waals surface area contributed by atoms with Crippen molar-refractivity contribution in [3.05, 3.63) is 35.9 Å². The first-order chi connectivity index (χ1) is 13.9. The largest absolute Gasteiger partial charge is 0.480 e. The number of carboxylic acids is 1. The van der Waals surface area contributed by atoms with E-state index >= 15 is 0 Å². The van der Waals surface area contributed by atoms with Gasteiger partial charge in [-0.3, -0.25) is 14.4 Å². The van der Waals surface area contributed by atoms with E-state index in [2.05, 4.69) is 21.3 Å². The predicted octanol–water partition coefficient (Wildman–Crippen LogP) is -1.86. The van der Waals surface area contributed by atoms with Crippen molar-refractivity contribution >= 4 is 23.7 Å². The van der Waals surface area contributed by atoms with Crippen LogP contribution in [0.15, 0.2) is 30.3 Å². The Balaban J connectivity index is 1.97. The Bertz CT molecular complexity index is 721. The second-order valence-corrected chi connectivity index (χ2v) is 6.76.